The van der Waals surface area contributed by atoms with Crippen LogP contribution in [0, 0.1) is 17.1 Å². The van der Waals surface area contributed by atoms with Crippen molar-refractivity contribution >= 4 is 11.7 Å². The average molecular weight is 283 g/mol. The first kappa shape index (κ1) is 14.5. The highest BCUT2D eigenvalue weighted by Gasteiger charge is 2.09. The molecular weight excluding hydrogens is 269 g/mol. The summed E-state index contributed by atoms with van der Waals surface area (Å²) >= 11 is 0. The van der Waals surface area contributed by atoms with E-state index in [9.17, 15) is 9.18 Å². The topological polar surface area (TPSA) is 56.1 Å². The quantitative estimate of drug-likeness (QED) is 0.939. The highest BCUT2D eigenvalue weighted by atomic mass is 19.1. The van der Waals surface area contributed by atoms with Gasteiger partial charge < -0.3 is 10.2 Å². The van der Waals surface area contributed by atoms with Gasteiger partial charge in [-0.25, -0.2) is 9.18 Å². The molecule has 0 aromatic heterocycles. The summed E-state index contributed by atoms with van der Waals surface area (Å²) < 4.78 is 13.1. The van der Waals surface area contributed by atoms with Crippen molar-refractivity contribution in [1.82, 2.24) is 4.90 Å². The second-order valence-corrected chi connectivity index (χ2v) is 4.61. The van der Waals surface area contributed by atoms with Crippen LogP contribution in [-0.4, -0.2) is 18.0 Å². The Kier molecular flexibility index (Phi) is 4.52. The molecule has 0 atom stereocenters. The summed E-state index contributed by atoms with van der Waals surface area (Å²) in [7, 11) is 1.63. The molecule has 0 unspecified atom stereocenters. The second kappa shape index (κ2) is 6.53. The van der Waals surface area contributed by atoms with E-state index < -0.39 is 0 Å². The zero-order valence-electron chi connectivity index (χ0n) is 11.5. The van der Waals surface area contributed by atoms with E-state index in [1.807, 2.05) is 6.07 Å². The minimum atomic E-state index is -0.326. The number of rotatable bonds is 3. The number of halogens is 1. The van der Waals surface area contributed by atoms with Crippen LogP contribution in [0.3, 0.4) is 0 Å². The van der Waals surface area contributed by atoms with Gasteiger partial charge in [-0.1, -0.05) is 12.1 Å². The molecule has 0 aliphatic rings. The summed E-state index contributed by atoms with van der Waals surface area (Å²) in [6, 6.07) is 14.4. The number of nitrogens with zero attached hydrogens (tertiary/aromatic N) is 2. The van der Waals surface area contributed by atoms with Crippen molar-refractivity contribution < 1.29 is 9.18 Å². The number of carbonyl (C=O) groups excluding carboxylic acids is 1. The predicted molar refractivity (Wildman–Crippen MR) is 78.0 cm³/mol. The lowest BCUT2D eigenvalue weighted by Gasteiger charge is -2.18. The number of nitriles is 1. The van der Waals surface area contributed by atoms with Gasteiger partial charge in [0.05, 0.1) is 11.6 Å². The molecule has 106 valence electrons. The van der Waals surface area contributed by atoms with Crippen molar-refractivity contribution in [2.24, 2.45) is 0 Å². The molecule has 0 aliphatic carbocycles. The first-order valence-electron chi connectivity index (χ1n) is 6.35. The van der Waals surface area contributed by atoms with Crippen LogP contribution in [-0.2, 0) is 6.54 Å². The van der Waals surface area contributed by atoms with E-state index in [0.29, 0.717) is 23.4 Å². The second-order valence-electron chi connectivity index (χ2n) is 4.61. The molecule has 0 heterocycles. The van der Waals surface area contributed by atoms with Gasteiger partial charge in [-0.05, 0) is 42.0 Å². The molecule has 0 saturated carbocycles. The zero-order chi connectivity index (χ0) is 15.2. The zero-order valence-corrected chi connectivity index (χ0v) is 11.5. The molecule has 0 radical (unpaired) electrons. The van der Waals surface area contributed by atoms with Crippen LogP contribution in [0.4, 0.5) is 14.9 Å². The van der Waals surface area contributed by atoms with Crippen LogP contribution < -0.4 is 5.32 Å². The van der Waals surface area contributed by atoms with Crippen LogP contribution in [0.15, 0.2) is 48.5 Å². The van der Waals surface area contributed by atoms with Crippen molar-refractivity contribution in [2.45, 2.75) is 6.54 Å². The Morgan fingerprint density at radius 1 is 1.29 bits per heavy atom. The van der Waals surface area contributed by atoms with Crippen molar-refractivity contribution in [3.63, 3.8) is 0 Å². The monoisotopic (exact) mass is 283 g/mol. The van der Waals surface area contributed by atoms with Gasteiger partial charge in [0, 0.05) is 19.3 Å². The number of carbonyl (C=O) groups is 1. The van der Waals surface area contributed by atoms with Crippen molar-refractivity contribution in [1.29, 1.82) is 5.26 Å². The molecule has 21 heavy (non-hydrogen) atoms. The lowest BCUT2D eigenvalue weighted by molar-refractivity contribution is 0.220. The number of hydrogen-bond acceptors (Lipinski definition) is 2. The number of anilines is 1. The van der Waals surface area contributed by atoms with Crippen LogP contribution in [0.2, 0.25) is 0 Å². The van der Waals surface area contributed by atoms with E-state index in [1.165, 1.54) is 17.0 Å². The van der Waals surface area contributed by atoms with Gasteiger partial charge in [-0.15, -0.1) is 0 Å². The molecule has 0 fully saturated rings. The Hall–Kier alpha value is -2.87. The van der Waals surface area contributed by atoms with Gasteiger partial charge in [-0.2, -0.15) is 5.26 Å². The van der Waals surface area contributed by atoms with Gasteiger partial charge in [0.15, 0.2) is 0 Å². The molecule has 1 N–H and O–H groups in total. The van der Waals surface area contributed by atoms with E-state index in [4.69, 9.17) is 5.26 Å². The summed E-state index contributed by atoms with van der Waals surface area (Å²) in [5.74, 6) is -0.326. The van der Waals surface area contributed by atoms with E-state index in [2.05, 4.69) is 5.32 Å². The van der Waals surface area contributed by atoms with Gasteiger partial charge in [0.1, 0.15) is 5.82 Å². The summed E-state index contributed by atoms with van der Waals surface area (Å²) in [5, 5.41) is 11.4. The molecule has 0 spiro atoms. The van der Waals surface area contributed by atoms with Crippen molar-refractivity contribution in [3.8, 4) is 6.07 Å². The van der Waals surface area contributed by atoms with E-state index in [-0.39, 0.29) is 11.8 Å². The Labute approximate surface area is 122 Å². The molecule has 0 saturated heterocycles. The highest BCUT2D eigenvalue weighted by Crippen LogP contribution is 2.11. The molecule has 0 bridgehead atoms. The van der Waals surface area contributed by atoms with Crippen LogP contribution in [0.5, 0.6) is 0 Å². The van der Waals surface area contributed by atoms with Crippen LogP contribution in [0.25, 0.3) is 0 Å². The molecule has 4 nitrogen and oxygen atoms in total. The van der Waals surface area contributed by atoms with Gasteiger partial charge in [0.2, 0.25) is 0 Å². The first-order valence-corrected chi connectivity index (χ1v) is 6.35. The summed E-state index contributed by atoms with van der Waals surface area (Å²) in [4.78, 5) is 13.5. The highest BCUT2D eigenvalue weighted by molar-refractivity contribution is 5.89. The molecule has 2 aromatic rings. The molecule has 2 aromatic carbocycles. The fourth-order valence-corrected chi connectivity index (χ4v) is 1.83. The Bertz CT molecular complexity index is 677. The third-order valence-corrected chi connectivity index (χ3v) is 2.92. The normalized spacial score (nSPS) is 9.76. The fraction of sp³-hybridized carbons (Fsp3) is 0.125. The Morgan fingerprint density at radius 3 is 2.62 bits per heavy atom. The van der Waals surface area contributed by atoms with Gasteiger partial charge in [0.25, 0.3) is 0 Å². The summed E-state index contributed by atoms with van der Waals surface area (Å²) in [6.07, 6.45) is 0. The Balaban J connectivity index is 1.97. The summed E-state index contributed by atoms with van der Waals surface area (Å²) in [6.45, 7) is 0.305. The van der Waals surface area contributed by atoms with Crippen LogP contribution >= 0.6 is 0 Å². The van der Waals surface area contributed by atoms with E-state index >= 15 is 0 Å². The van der Waals surface area contributed by atoms with E-state index in [0.717, 1.165) is 0 Å². The fourth-order valence-electron chi connectivity index (χ4n) is 1.83. The Morgan fingerprint density at radius 2 is 2.00 bits per heavy atom. The maximum absolute atomic E-state index is 13.1. The minimum Gasteiger partial charge on any atom is -0.323 e. The van der Waals surface area contributed by atoms with Gasteiger partial charge in [-0.3, -0.25) is 0 Å². The minimum absolute atomic E-state index is 0.302. The molecule has 5 heteroatoms. The third-order valence-electron chi connectivity index (χ3n) is 2.92. The predicted octanol–water partition coefficient (Wildman–Crippen LogP) is 3.36. The average Bonchev–Trinajstić information content (AvgIpc) is 2.48. The number of hydrogen-bond donors (Lipinski definition) is 1. The third kappa shape index (κ3) is 4.05. The van der Waals surface area contributed by atoms with Gasteiger partial charge >= 0.3 is 6.03 Å². The smallest absolute Gasteiger partial charge is 0.321 e. The lowest BCUT2D eigenvalue weighted by Crippen LogP contribution is -2.30. The van der Waals surface area contributed by atoms with Crippen molar-refractivity contribution in [3.05, 3.63) is 65.5 Å². The maximum Gasteiger partial charge on any atom is 0.321 e. The standard InChI is InChI=1S/C16H14FN3O/c1-20(11-13-3-2-4-14(17)9-13)16(21)19-15-7-5-12(10-18)6-8-15/h2-9H,11H2,1H3,(H,19,21). The number of benzene rings is 2. The van der Waals surface area contributed by atoms with E-state index in [1.54, 1.807) is 43.4 Å². The molecule has 2 amide bonds. The number of urea groups is 1. The molecular formula is C16H14FN3O. The largest absolute Gasteiger partial charge is 0.323 e. The molecule has 0 aliphatic heterocycles. The number of nitrogens with one attached hydrogen (secondary N) is 1. The summed E-state index contributed by atoms with van der Waals surface area (Å²) in [5.41, 5.74) is 1.85. The maximum atomic E-state index is 13.1. The first-order chi connectivity index (χ1) is 10.1. The SMILES string of the molecule is CN(Cc1cccc(F)c1)C(=O)Nc1ccc(C#N)cc1. The molecule has 2 rings (SSSR count). The lowest BCUT2D eigenvalue weighted by atomic mass is 10.2. The number of amides is 2. The van der Waals surface area contributed by atoms with Crippen molar-refractivity contribution in [2.75, 3.05) is 12.4 Å². The van der Waals surface area contributed by atoms with Crippen LogP contribution in [0.1, 0.15) is 11.1 Å².